The average molecular weight is 285 g/mol. The first-order chi connectivity index (χ1) is 10.2. The Morgan fingerprint density at radius 3 is 2.62 bits per heavy atom. The summed E-state index contributed by atoms with van der Waals surface area (Å²) in [6.45, 7) is 5.13. The van der Waals surface area contributed by atoms with E-state index in [9.17, 15) is 4.79 Å². The van der Waals surface area contributed by atoms with E-state index in [0.29, 0.717) is 24.8 Å². The quantitative estimate of drug-likeness (QED) is 0.828. The number of aromatic nitrogens is 2. The molecule has 1 amide bonds. The van der Waals surface area contributed by atoms with Crippen molar-refractivity contribution < 1.29 is 9.53 Å². The summed E-state index contributed by atoms with van der Waals surface area (Å²) in [5.74, 6) is 1.06. The van der Waals surface area contributed by atoms with Crippen molar-refractivity contribution in [2.45, 2.75) is 19.8 Å². The minimum atomic E-state index is -0.248. The van der Waals surface area contributed by atoms with E-state index in [1.807, 2.05) is 12.1 Å². The lowest BCUT2D eigenvalue weighted by molar-refractivity contribution is 0.0941. The standard InChI is InChI=1S/C16H19N3O2/c1-12(2)13-3-5-14(6-4-13)21-10-9-19-16(20)15-11-17-7-8-18-15/h3-8,11-12H,9-10H2,1-2H3,(H,19,20). The summed E-state index contributed by atoms with van der Waals surface area (Å²) in [5.41, 5.74) is 1.58. The van der Waals surface area contributed by atoms with Crippen LogP contribution in [0.5, 0.6) is 5.75 Å². The van der Waals surface area contributed by atoms with Crippen LogP contribution >= 0.6 is 0 Å². The second-order valence-electron chi connectivity index (χ2n) is 4.92. The molecule has 0 fully saturated rings. The van der Waals surface area contributed by atoms with Gasteiger partial charge in [0.2, 0.25) is 0 Å². The Labute approximate surface area is 124 Å². The predicted molar refractivity (Wildman–Crippen MR) is 80.4 cm³/mol. The summed E-state index contributed by atoms with van der Waals surface area (Å²) in [6.07, 6.45) is 4.45. The van der Waals surface area contributed by atoms with Crippen LogP contribution in [0, 0.1) is 0 Å². The maximum Gasteiger partial charge on any atom is 0.271 e. The van der Waals surface area contributed by atoms with Crippen LogP contribution in [0.4, 0.5) is 0 Å². The molecule has 1 heterocycles. The van der Waals surface area contributed by atoms with E-state index in [1.54, 1.807) is 0 Å². The van der Waals surface area contributed by atoms with Crippen LogP contribution in [0.25, 0.3) is 0 Å². The van der Waals surface area contributed by atoms with Crippen molar-refractivity contribution in [3.05, 3.63) is 54.1 Å². The summed E-state index contributed by atoms with van der Waals surface area (Å²) in [6, 6.07) is 8.00. The highest BCUT2D eigenvalue weighted by Crippen LogP contribution is 2.18. The third-order valence-corrected chi connectivity index (χ3v) is 3.00. The van der Waals surface area contributed by atoms with Gasteiger partial charge in [-0.25, -0.2) is 4.98 Å². The van der Waals surface area contributed by atoms with Gasteiger partial charge in [0.25, 0.3) is 5.91 Å². The van der Waals surface area contributed by atoms with E-state index in [0.717, 1.165) is 5.75 Å². The van der Waals surface area contributed by atoms with Gasteiger partial charge < -0.3 is 10.1 Å². The van der Waals surface area contributed by atoms with Crippen molar-refractivity contribution in [2.75, 3.05) is 13.2 Å². The van der Waals surface area contributed by atoms with Crippen LogP contribution in [-0.2, 0) is 0 Å². The Hall–Kier alpha value is -2.43. The zero-order chi connectivity index (χ0) is 15.1. The number of rotatable bonds is 6. The van der Waals surface area contributed by atoms with Crippen molar-refractivity contribution >= 4 is 5.91 Å². The maximum atomic E-state index is 11.7. The van der Waals surface area contributed by atoms with Gasteiger partial charge >= 0.3 is 0 Å². The molecule has 5 nitrogen and oxygen atoms in total. The molecule has 0 spiro atoms. The van der Waals surface area contributed by atoms with Crippen LogP contribution in [0.2, 0.25) is 0 Å². The third-order valence-electron chi connectivity index (χ3n) is 3.00. The lowest BCUT2D eigenvalue weighted by Gasteiger charge is -2.09. The Morgan fingerprint density at radius 1 is 1.24 bits per heavy atom. The number of carbonyl (C=O) groups excluding carboxylic acids is 1. The molecule has 0 unspecified atom stereocenters. The molecule has 0 aliphatic heterocycles. The fourth-order valence-corrected chi connectivity index (χ4v) is 1.79. The number of hydrogen-bond acceptors (Lipinski definition) is 4. The van der Waals surface area contributed by atoms with Gasteiger partial charge in [0.1, 0.15) is 18.1 Å². The van der Waals surface area contributed by atoms with Crippen LogP contribution in [0.3, 0.4) is 0 Å². The zero-order valence-corrected chi connectivity index (χ0v) is 12.2. The lowest BCUT2D eigenvalue weighted by atomic mass is 10.0. The number of amides is 1. The molecule has 0 saturated carbocycles. The van der Waals surface area contributed by atoms with Crippen LogP contribution < -0.4 is 10.1 Å². The van der Waals surface area contributed by atoms with E-state index in [-0.39, 0.29) is 5.91 Å². The molecule has 1 N–H and O–H groups in total. The topological polar surface area (TPSA) is 64.1 Å². The second kappa shape index (κ2) is 7.38. The minimum Gasteiger partial charge on any atom is -0.492 e. The third kappa shape index (κ3) is 4.56. The fraction of sp³-hybridized carbons (Fsp3) is 0.312. The molecule has 0 bridgehead atoms. The largest absolute Gasteiger partial charge is 0.492 e. The lowest BCUT2D eigenvalue weighted by Crippen LogP contribution is -2.28. The van der Waals surface area contributed by atoms with Gasteiger partial charge in [-0.3, -0.25) is 9.78 Å². The molecule has 2 rings (SSSR count). The summed E-state index contributed by atoms with van der Waals surface area (Å²) in [5, 5.41) is 2.73. The number of carbonyl (C=O) groups is 1. The van der Waals surface area contributed by atoms with Crippen molar-refractivity contribution in [3.8, 4) is 5.75 Å². The summed E-state index contributed by atoms with van der Waals surface area (Å²) in [7, 11) is 0. The number of nitrogens with zero attached hydrogens (tertiary/aromatic N) is 2. The minimum absolute atomic E-state index is 0.248. The SMILES string of the molecule is CC(C)c1ccc(OCCNC(=O)c2cnccn2)cc1. The highest BCUT2D eigenvalue weighted by Gasteiger charge is 2.05. The first-order valence-electron chi connectivity index (χ1n) is 6.94. The Balaban J connectivity index is 1.73. The molecule has 110 valence electrons. The van der Waals surface area contributed by atoms with E-state index < -0.39 is 0 Å². The number of benzene rings is 1. The van der Waals surface area contributed by atoms with Crippen LogP contribution in [0.15, 0.2) is 42.9 Å². The first kappa shape index (κ1) is 15.0. The molecule has 21 heavy (non-hydrogen) atoms. The number of ether oxygens (including phenoxy) is 1. The molecule has 1 aromatic carbocycles. The highest BCUT2D eigenvalue weighted by atomic mass is 16.5. The Kier molecular flexibility index (Phi) is 5.26. The second-order valence-corrected chi connectivity index (χ2v) is 4.92. The van der Waals surface area contributed by atoms with Gasteiger partial charge in [-0.15, -0.1) is 0 Å². The van der Waals surface area contributed by atoms with Gasteiger partial charge in [-0.2, -0.15) is 0 Å². The van der Waals surface area contributed by atoms with Crippen molar-refractivity contribution in [3.63, 3.8) is 0 Å². The van der Waals surface area contributed by atoms with E-state index in [4.69, 9.17) is 4.74 Å². The smallest absolute Gasteiger partial charge is 0.271 e. The Bertz CT molecular complexity index is 568. The molecule has 0 aliphatic carbocycles. The predicted octanol–water partition coefficient (Wildman–Crippen LogP) is 2.41. The van der Waals surface area contributed by atoms with Crippen LogP contribution in [0.1, 0.15) is 35.8 Å². The van der Waals surface area contributed by atoms with Gasteiger partial charge in [0, 0.05) is 12.4 Å². The van der Waals surface area contributed by atoms with Gasteiger partial charge in [0.15, 0.2) is 0 Å². The van der Waals surface area contributed by atoms with Crippen LogP contribution in [-0.4, -0.2) is 29.0 Å². The zero-order valence-electron chi connectivity index (χ0n) is 12.2. The van der Waals surface area contributed by atoms with E-state index >= 15 is 0 Å². The first-order valence-corrected chi connectivity index (χ1v) is 6.94. The molecule has 0 radical (unpaired) electrons. The van der Waals surface area contributed by atoms with E-state index in [2.05, 4.69) is 41.3 Å². The maximum absolute atomic E-state index is 11.7. The molecule has 0 atom stereocenters. The molecule has 2 aromatic rings. The van der Waals surface area contributed by atoms with Crippen molar-refractivity contribution in [1.82, 2.24) is 15.3 Å². The number of hydrogen-bond donors (Lipinski definition) is 1. The fourth-order valence-electron chi connectivity index (χ4n) is 1.79. The normalized spacial score (nSPS) is 10.4. The van der Waals surface area contributed by atoms with Crippen molar-refractivity contribution in [1.29, 1.82) is 0 Å². The summed E-state index contributed by atoms with van der Waals surface area (Å²) < 4.78 is 5.58. The molecule has 0 aliphatic rings. The monoisotopic (exact) mass is 285 g/mol. The van der Waals surface area contributed by atoms with Gasteiger partial charge in [0.05, 0.1) is 12.7 Å². The molecule has 5 heteroatoms. The average Bonchev–Trinajstić information content (AvgIpc) is 2.52. The van der Waals surface area contributed by atoms with Gasteiger partial charge in [-0.1, -0.05) is 26.0 Å². The molecular weight excluding hydrogens is 266 g/mol. The molecule has 1 aromatic heterocycles. The van der Waals surface area contributed by atoms with Crippen molar-refractivity contribution in [2.24, 2.45) is 0 Å². The summed E-state index contributed by atoms with van der Waals surface area (Å²) >= 11 is 0. The molecular formula is C16H19N3O2. The van der Waals surface area contributed by atoms with Gasteiger partial charge in [-0.05, 0) is 23.6 Å². The Morgan fingerprint density at radius 2 is 2.00 bits per heavy atom. The summed E-state index contributed by atoms with van der Waals surface area (Å²) in [4.78, 5) is 19.5. The molecule has 0 saturated heterocycles. The number of nitrogens with one attached hydrogen (secondary N) is 1. The highest BCUT2D eigenvalue weighted by molar-refractivity contribution is 5.91. The van der Waals surface area contributed by atoms with E-state index in [1.165, 1.54) is 24.2 Å².